The second kappa shape index (κ2) is 4.85. The van der Waals surface area contributed by atoms with Crippen LogP contribution in [-0.2, 0) is 0 Å². The molecule has 3 rings (SSSR count). The maximum atomic E-state index is 13.5. The minimum Gasteiger partial charge on any atom is -0.456 e. The van der Waals surface area contributed by atoms with Crippen LogP contribution in [0.4, 0.5) is 13.2 Å². The lowest BCUT2D eigenvalue weighted by molar-refractivity contribution is 0.475. The number of fused-ring (bicyclic) bond motifs is 1. The minimum absolute atomic E-state index is 0.0726. The third-order valence-corrected chi connectivity index (χ3v) is 2.75. The van der Waals surface area contributed by atoms with Crippen LogP contribution in [0, 0.1) is 17.5 Å². The van der Waals surface area contributed by atoms with Crippen LogP contribution in [0.5, 0.6) is 11.5 Å². The van der Waals surface area contributed by atoms with Crippen molar-refractivity contribution in [3.63, 3.8) is 0 Å². The summed E-state index contributed by atoms with van der Waals surface area (Å²) in [6.45, 7) is 0. The first-order chi connectivity index (χ1) is 9.63. The van der Waals surface area contributed by atoms with Gasteiger partial charge in [0.25, 0.3) is 0 Å². The molecule has 5 heteroatoms. The predicted molar refractivity (Wildman–Crippen MR) is 68.1 cm³/mol. The van der Waals surface area contributed by atoms with E-state index < -0.39 is 17.5 Å². The second-order valence-electron chi connectivity index (χ2n) is 4.16. The van der Waals surface area contributed by atoms with E-state index in [4.69, 9.17) is 4.74 Å². The number of rotatable bonds is 2. The van der Waals surface area contributed by atoms with E-state index in [1.165, 1.54) is 36.5 Å². The van der Waals surface area contributed by atoms with Gasteiger partial charge in [-0.25, -0.2) is 18.2 Å². The lowest BCUT2D eigenvalue weighted by Gasteiger charge is -2.07. The van der Waals surface area contributed by atoms with Crippen LogP contribution in [0.2, 0.25) is 0 Å². The van der Waals surface area contributed by atoms with Crippen LogP contribution in [0.25, 0.3) is 10.9 Å². The number of hydrogen-bond acceptors (Lipinski definition) is 2. The van der Waals surface area contributed by atoms with Crippen molar-refractivity contribution in [2.24, 2.45) is 0 Å². The Bertz CT molecular complexity index is 789. The van der Waals surface area contributed by atoms with Gasteiger partial charge in [-0.2, -0.15) is 0 Å². The zero-order valence-corrected chi connectivity index (χ0v) is 10.1. The number of pyridine rings is 1. The number of aromatic nitrogens is 1. The molecule has 0 aliphatic carbocycles. The van der Waals surface area contributed by atoms with E-state index in [1.807, 2.05) is 0 Å². The molecule has 1 heterocycles. The van der Waals surface area contributed by atoms with Crippen molar-refractivity contribution in [2.75, 3.05) is 0 Å². The molecule has 0 radical (unpaired) electrons. The SMILES string of the molecule is Fc1cccc(Oc2cnc3c(F)c(F)ccc3c2)c1. The first kappa shape index (κ1) is 12.5. The summed E-state index contributed by atoms with van der Waals surface area (Å²) in [7, 11) is 0. The normalized spacial score (nSPS) is 10.8. The van der Waals surface area contributed by atoms with Crippen molar-refractivity contribution in [3.05, 3.63) is 66.1 Å². The van der Waals surface area contributed by atoms with E-state index in [1.54, 1.807) is 6.07 Å². The van der Waals surface area contributed by atoms with Crippen LogP contribution in [-0.4, -0.2) is 4.98 Å². The molecule has 0 unspecified atom stereocenters. The van der Waals surface area contributed by atoms with Gasteiger partial charge in [-0.1, -0.05) is 6.07 Å². The van der Waals surface area contributed by atoms with E-state index in [0.717, 1.165) is 6.07 Å². The summed E-state index contributed by atoms with van der Waals surface area (Å²) in [5.41, 5.74) is -0.0726. The number of benzene rings is 2. The maximum Gasteiger partial charge on any atom is 0.184 e. The zero-order valence-electron chi connectivity index (χ0n) is 10.1. The molecule has 0 atom stereocenters. The monoisotopic (exact) mass is 275 g/mol. The van der Waals surface area contributed by atoms with Crippen LogP contribution in [0.3, 0.4) is 0 Å². The first-order valence-corrected chi connectivity index (χ1v) is 5.81. The van der Waals surface area contributed by atoms with Gasteiger partial charge in [-0.05, 0) is 30.3 Å². The van der Waals surface area contributed by atoms with Gasteiger partial charge in [0.05, 0.1) is 6.20 Å². The lowest BCUT2D eigenvalue weighted by Crippen LogP contribution is -1.91. The zero-order chi connectivity index (χ0) is 14.1. The smallest absolute Gasteiger partial charge is 0.184 e. The van der Waals surface area contributed by atoms with Gasteiger partial charge < -0.3 is 4.74 Å². The molecule has 0 aliphatic rings. The number of hydrogen-bond donors (Lipinski definition) is 0. The fourth-order valence-corrected chi connectivity index (χ4v) is 1.84. The van der Waals surface area contributed by atoms with Gasteiger partial charge in [-0.15, -0.1) is 0 Å². The molecule has 0 N–H and O–H groups in total. The average Bonchev–Trinajstić information content (AvgIpc) is 2.43. The van der Waals surface area contributed by atoms with Gasteiger partial charge in [-0.3, -0.25) is 0 Å². The van der Waals surface area contributed by atoms with Crippen LogP contribution in [0.15, 0.2) is 48.7 Å². The average molecular weight is 275 g/mol. The minimum atomic E-state index is -1.00. The second-order valence-corrected chi connectivity index (χ2v) is 4.16. The Labute approximate surface area is 112 Å². The van der Waals surface area contributed by atoms with Crippen molar-refractivity contribution in [2.45, 2.75) is 0 Å². The molecule has 1 aromatic heterocycles. The van der Waals surface area contributed by atoms with Crippen molar-refractivity contribution in [1.82, 2.24) is 4.98 Å². The van der Waals surface area contributed by atoms with Gasteiger partial charge in [0, 0.05) is 11.5 Å². The predicted octanol–water partition coefficient (Wildman–Crippen LogP) is 4.44. The Morgan fingerprint density at radius 3 is 2.55 bits per heavy atom. The molecule has 0 amide bonds. The van der Waals surface area contributed by atoms with E-state index in [9.17, 15) is 13.2 Å². The van der Waals surface area contributed by atoms with Gasteiger partial charge in [0.1, 0.15) is 22.8 Å². The quantitative estimate of drug-likeness (QED) is 0.689. The highest BCUT2D eigenvalue weighted by Crippen LogP contribution is 2.26. The number of halogens is 3. The highest BCUT2D eigenvalue weighted by molar-refractivity contribution is 5.80. The number of nitrogens with zero attached hydrogens (tertiary/aromatic N) is 1. The van der Waals surface area contributed by atoms with E-state index >= 15 is 0 Å². The van der Waals surface area contributed by atoms with E-state index in [2.05, 4.69) is 4.98 Å². The highest BCUT2D eigenvalue weighted by atomic mass is 19.2. The van der Waals surface area contributed by atoms with Gasteiger partial charge in [0.2, 0.25) is 0 Å². The van der Waals surface area contributed by atoms with Crippen molar-refractivity contribution in [3.8, 4) is 11.5 Å². The molecule has 20 heavy (non-hydrogen) atoms. The molecule has 0 saturated heterocycles. The van der Waals surface area contributed by atoms with Crippen molar-refractivity contribution >= 4 is 10.9 Å². The molecule has 2 nitrogen and oxygen atoms in total. The molecule has 0 saturated carbocycles. The van der Waals surface area contributed by atoms with Gasteiger partial charge in [0.15, 0.2) is 11.6 Å². The summed E-state index contributed by atoms with van der Waals surface area (Å²) in [4.78, 5) is 3.83. The standard InChI is InChI=1S/C15H8F3NO/c16-10-2-1-3-11(7-10)20-12-6-9-4-5-13(17)14(18)15(9)19-8-12/h1-8H. The fourth-order valence-electron chi connectivity index (χ4n) is 1.84. The van der Waals surface area contributed by atoms with Crippen LogP contribution < -0.4 is 4.74 Å². The fraction of sp³-hybridized carbons (Fsp3) is 0. The van der Waals surface area contributed by atoms with Crippen LogP contribution >= 0.6 is 0 Å². The molecule has 0 bridgehead atoms. The van der Waals surface area contributed by atoms with Gasteiger partial charge >= 0.3 is 0 Å². The molecule has 100 valence electrons. The lowest BCUT2D eigenvalue weighted by atomic mass is 10.2. The molecular weight excluding hydrogens is 267 g/mol. The van der Waals surface area contributed by atoms with Crippen molar-refractivity contribution in [1.29, 1.82) is 0 Å². The maximum absolute atomic E-state index is 13.5. The molecule has 3 aromatic rings. The topological polar surface area (TPSA) is 22.1 Å². The largest absolute Gasteiger partial charge is 0.456 e. The van der Waals surface area contributed by atoms with E-state index in [0.29, 0.717) is 16.9 Å². The van der Waals surface area contributed by atoms with Crippen LogP contribution in [0.1, 0.15) is 0 Å². The Balaban J connectivity index is 1.99. The Morgan fingerprint density at radius 1 is 0.900 bits per heavy atom. The Morgan fingerprint density at radius 2 is 1.75 bits per heavy atom. The Hall–Kier alpha value is -2.56. The molecular formula is C15H8F3NO. The summed E-state index contributed by atoms with van der Waals surface area (Å²) in [6, 6.07) is 9.53. The third kappa shape index (κ3) is 2.30. The summed E-state index contributed by atoms with van der Waals surface area (Å²) in [6.07, 6.45) is 1.26. The van der Waals surface area contributed by atoms with E-state index in [-0.39, 0.29) is 5.52 Å². The van der Waals surface area contributed by atoms with Crippen molar-refractivity contribution < 1.29 is 17.9 Å². The third-order valence-electron chi connectivity index (χ3n) is 2.75. The summed E-state index contributed by atoms with van der Waals surface area (Å²) in [5.74, 6) is -1.77. The summed E-state index contributed by atoms with van der Waals surface area (Å²) < 4.78 is 45.0. The first-order valence-electron chi connectivity index (χ1n) is 5.81. The number of ether oxygens (including phenoxy) is 1. The summed E-state index contributed by atoms with van der Waals surface area (Å²) >= 11 is 0. The highest BCUT2D eigenvalue weighted by Gasteiger charge is 2.09. The summed E-state index contributed by atoms with van der Waals surface area (Å²) in [5, 5.41) is 0.401. The Kier molecular flexibility index (Phi) is 3.02. The molecule has 2 aromatic carbocycles. The molecule has 0 aliphatic heterocycles. The molecule has 0 spiro atoms. The molecule has 0 fully saturated rings.